The largest absolute Gasteiger partial charge is 0.382 e. The predicted octanol–water partition coefficient (Wildman–Crippen LogP) is 4.49. The highest BCUT2D eigenvalue weighted by molar-refractivity contribution is 7.14. The Morgan fingerprint density at radius 1 is 1.40 bits per heavy atom. The SMILES string of the molecule is Cc1csc(-c2[nH]nc(N)c2-c2cccc(F)c2)c1Cl. The fourth-order valence-electron chi connectivity index (χ4n) is 2.06. The molecule has 0 spiro atoms. The van der Waals surface area contributed by atoms with Crippen LogP contribution in [0.4, 0.5) is 10.2 Å². The highest BCUT2D eigenvalue weighted by atomic mass is 35.5. The van der Waals surface area contributed by atoms with Crippen molar-refractivity contribution in [2.45, 2.75) is 6.92 Å². The summed E-state index contributed by atoms with van der Waals surface area (Å²) in [5.41, 5.74) is 8.97. The van der Waals surface area contributed by atoms with Gasteiger partial charge in [-0.15, -0.1) is 11.3 Å². The number of benzene rings is 1. The number of nitrogens with zero attached hydrogens (tertiary/aromatic N) is 1. The van der Waals surface area contributed by atoms with Crippen LogP contribution in [0.15, 0.2) is 29.6 Å². The number of rotatable bonds is 2. The van der Waals surface area contributed by atoms with Crippen molar-refractivity contribution >= 4 is 28.8 Å². The molecule has 0 aliphatic carbocycles. The number of aryl methyl sites for hydroxylation is 1. The molecule has 0 aliphatic heterocycles. The molecule has 2 heterocycles. The van der Waals surface area contributed by atoms with E-state index in [4.69, 9.17) is 17.3 Å². The number of hydrogen-bond donors (Lipinski definition) is 2. The average molecular weight is 308 g/mol. The first-order chi connectivity index (χ1) is 9.58. The molecule has 0 saturated heterocycles. The standard InChI is InChI=1S/C14H11ClFN3S/c1-7-6-20-13(11(7)15)12-10(14(17)19-18-12)8-3-2-4-9(16)5-8/h2-6H,1H3,(H3,17,18,19). The molecule has 102 valence electrons. The Bertz CT molecular complexity index is 779. The average Bonchev–Trinajstić information content (AvgIpc) is 2.94. The van der Waals surface area contributed by atoms with Gasteiger partial charge in [0.25, 0.3) is 0 Å². The van der Waals surface area contributed by atoms with Gasteiger partial charge in [-0.2, -0.15) is 5.10 Å². The maximum atomic E-state index is 13.4. The van der Waals surface area contributed by atoms with Crippen LogP contribution in [0.2, 0.25) is 5.02 Å². The number of halogens is 2. The van der Waals surface area contributed by atoms with Gasteiger partial charge in [0.05, 0.1) is 21.2 Å². The van der Waals surface area contributed by atoms with E-state index in [1.54, 1.807) is 12.1 Å². The number of nitrogens with one attached hydrogen (secondary N) is 1. The smallest absolute Gasteiger partial charge is 0.153 e. The molecule has 3 aromatic rings. The monoisotopic (exact) mass is 307 g/mol. The third-order valence-corrected chi connectivity index (χ3v) is 4.75. The summed E-state index contributed by atoms with van der Waals surface area (Å²) in [4.78, 5) is 0.854. The van der Waals surface area contributed by atoms with Gasteiger partial charge in [-0.1, -0.05) is 23.7 Å². The molecule has 3 N–H and O–H groups in total. The minimum atomic E-state index is -0.317. The van der Waals surface area contributed by atoms with Gasteiger partial charge >= 0.3 is 0 Å². The molecule has 0 unspecified atom stereocenters. The van der Waals surface area contributed by atoms with Crippen molar-refractivity contribution in [2.24, 2.45) is 0 Å². The minimum absolute atomic E-state index is 0.317. The molecular formula is C14H11ClFN3S. The second-order valence-electron chi connectivity index (χ2n) is 4.43. The number of nitrogen functional groups attached to an aromatic ring is 1. The third-order valence-electron chi connectivity index (χ3n) is 3.03. The van der Waals surface area contributed by atoms with Crippen molar-refractivity contribution in [1.29, 1.82) is 0 Å². The zero-order valence-electron chi connectivity index (χ0n) is 10.6. The lowest BCUT2D eigenvalue weighted by Gasteiger charge is -2.04. The van der Waals surface area contributed by atoms with E-state index < -0.39 is 0 Å². The maximum absolute atomic E-state index is 13.4. The van der Waals surface area contributed by atoms with Crippen molar-refractivity contribution < 1.29 is 4.39 Å². The lowest BCUT2D eigenvalue weighted by molar-refractivity contribution is 0.628. The summed E-state index contributed by atoms with van der Waals surface area (Å²) < 4.78 is 13.4. The van der Waals surface area contributed by atoms with Gasteiger partial charge < -0.3 is 5.73 Å². The Hall–Kier alpha value is -1.85. The first-order valence-electron chi connectivity index (χ1n) is 5.91. The van der Waals surface area contributed by atoms with Crippen LogP contribution in [0.1, 0.15) is 5.56 Å². The molecule has 0 atom stereocenters. The van der Waals surface area contributed by atoms with E-state index in [1.807, 2.05) is 12.3 Å². The fourth-order valence-corrected chi connectivity index (χ4v) is 3.34. The van der Waals surface area contributed by atoms with Crippen LogP contribution in [0, 0.1) is 12.7 Å². The van der Waals surface area contributed by atoms with Gasteiger partial charge in [-0.3, -0.25) is 5.10 Å². The van der Waals surface area contributed by atoms with Crippen LogP contribution in [0.25, 0.3) is 21.7 Å². The summed E-state index contributed by atoms with van der Waals surface area (Å²) in [6, 6.07) is 6.26. The van der Waals surface area contributed by atoms with Crippen LogP contribution in [0.3, 0.4) is 0 Å². The van der Waals surface area contributed by atoms with E-state index in [2.05, 4.69) is 10.2 Å². The molecule has 0 fully saturated rings. The minimum Gasteiger partial charge on any atom is -0.382 e. The number of anilines is 1. The van der Waals surface area contributed by atoms with Crippen molar-refractivity contribution in [2.75, 3.05) is 5.73 Å². The van der Waals surface area contributed by atoms with E-state index in [0.717, 1.165) is 16.1 Å². The van der Waals surface area contributed by atoms with Crippen LogP contribution in [-0.4, -0.2) is 10.2 Å². The fraction of sp³-hybridized carbons (Fsp3) is 0.0714. The van der Waals surface area contributed by atoms with Crippen LogP contribution in [-0.2, 0) is 0 Å². The molecule has 2 aromatic heterocycles. The van der Waals surface area contributed by atoms with Crippen molar-refractivity contribution in [3.63, 3.8) is 0 Å². The molecule has 0 saturated carbocycles. The van der Waals surface area contributed by atoms with Gasteiger partial charge in [-0.05, 0) is 35.6 Å². The Kier molecular flexibility index (Phi) is 3.23. The highest BCUT2D eigenvalue weighted by Gasteiger charge is 2.19. The van der Waals surface area contributed by atoms with Crippen molar-refractivity contribution in [3.8, 4) is 21.7 Å². The molecular weight excluding hydrogens is 297 g/mol. The third kappa shape index (κ3) is 2.09. The second kappa shape index (κ2) is 4.92. The second-order valence-corrected chi connectivity index (χ2v) is 5.69. The zero-order valence-corrected chi connectivity index (χ0v) is 12.1. The molecule has 0 bridgehead atoms. The molecule has 1 aromatic carbocycles. The topological polar surface area (TPSA) is 54.7 Å². The molecule has 6 heteroatoms. The lowest BCUT2D eigenvalue weighted by atomic mass is 10.0. The summed E-state index contributed by atoms with van der Waals surface area (Å²) in [5.74, 6) is 0.00947. The van der Waals surface area contributed by atoms with Gasteiger partial charge in [0.2, 0.25) is 0 Å². The molecule has 0 aliphatic rings. The van der Waals surface area contributed by atoms with E-state index in [0.29, 0.717) is 22.0 Å². The summed E-state index contributed by atoms with van der Waals surface area (Å²) in [5, 5.41) is 9.54. The maximum Gasteiger partial charge on any atom is 0.153 e. The summed E-state index contributed by atoms with van der Waals surface area (Å²) in [7, 11) is 0. The first-order valence-corrected chi connectivity index (χ1v) is 7.17. The summed E-state index contributed by atoms with van der Waals surface area (Å²) >= 11 is 7.79. The molecule has 0 radical (unpaired) electrons. The number of thiophene rings is 1. The van der Waals surface area contributed by atoms with E-state index >= 15 is 0 Å². The number of aromatic nitrogens is 2. The quantitative estimate of drug-likeness (QED) is 0.733. The van der Waals surface area contributed by atoms with E-state index in [1.165, 1.54) is 23.5 Å². The summed E-state index contributed by atoms with van der Waals surface area (Å²) in [6.07, 6.45) is 0. The van der Waals surface area contributed by atoms with Crippen LogP contribution >= 0.6 is 22.9 Å². The normalized spacial score (nSPS) is 10.9. The van der Waals surface area contributed by atoms with E-state index in [-0.39, 0.29) is 5.82 Å². The Balaban J connectivity index is 2.22. The predicted molar refractivity (Wildman–Crippen MR) is 81.5 cm³/mol. The van der Waals surface area contributed by atoms with E-state index in [9.17, 15) is 4.39 Å². The Morgan fingerprint density at radius 2 is 2.20 bits per heavy atom. The van der Waals surface area contributed by atoms with Gasteiger partial charge in [0.15, 0.2) is 5.82 Å². The van der Waals surface area contributed by atoms with Crippen LogP contribution < -0.4 is 5.73 Å². The number of nitrogens with two attached hydrogens (primary N) is 1. The Labute approximate surface area is 124 Å². The van der Waals surface area contributed by atoms with Gasteiger partial charge in [-0.25, -0.2) is 4.39 Å². The van der Waals surface area contributed by atoms with Gasteiger partial charge in [0, 0.05) is 0 Å². The Morgan fingerprint density at radius 3 is 2.85 bits per heavy atom. The molecule has 20 heavy (non-hydrogen) atoms. The summed E-state index contributed by atoms with van der Waals surface area (Å²) in [6.45, 7) is 1.93. The molecule has 3 nitrogen and oxygen atoms in total. The number of aromatic amines is 1. The molecule has 3 rings (SSSR count). The van der Waals surface area contributed by atoms with Crippen molar-refractivity contribution in [1.82, 2.24) is 10.2 Å². The molecule has 0 amide bonds. The zero-order chi connectivity index (χ0) is 14.3. The van der Waals surface area contributed by atoms with Crippen LogP contribution in [0.5, 0.6) is 0 Å². The van der Waals surface area contributed by atoms with Gasteiger partial charge in [0.1, 0.15) is 5.82 Å². The number of H-pyrrole nitrogens is 1. The first kappa shape index (κ1) is 13.1. The highest BCUT2D eigenvalue weighted by Crippen LogP contribution is 2.42. The number of hydrogen-bond acceptors (Lipinski definition) is 3. The van der Waals surface area contributed by atoms with Crippen molar-refractivity contribution in [3.05, 3.63) is 46.0 Å². The lowest BCUT2D eigenvalue weighted by Crippen LogP contribution is -1.89.